The van der Waals surface area contributed by atoms with Gasteiger partial charge in [-0.2, -0.15) is 10.2 Å². The van der Waals surface area contributed by atoms with Crippen molar-refractivity contribution in [2.24, 2.45) is 11.1 Å². The van der Waals surface area contributed by atoms with Crippen molar-refractivity contribution in [3.63, 3.8) is 0 Å². The number of amides is 1. The fraction of sp³-hybridized carbons (Fsp3) is 0.417. The fourth-order valence-electron chi connectivity index (χ4n) is 5.66. The minimum Gasteiger partial charge on any atom is -0.404 e. The van der Waals surface area contributed by atoms with Gasteiger partial charge >= 0.3 is 0 Å². The lowest BCUT2D eigenvalue weighted by molar-refractivity contribution is -0.127. The van der Waals surface area contributed by atoms with Crippen LogP contribution < -0.4 is 5.73 Å². The molecule has 6 nitrogen and oxygen atoms in total. The Morgan fingerprint density at radius 2 is 2.00 bits per heavy atom. The molecule has 8 heteroatoms. The molecule has 2 aliphatic rings. The molecule has 2 atom stereocenters. The summed E-state index contributed by atoms with van der Waals surface area (Å²) in [5, 5.41) is 16.2. The highest BCUT2D eigenvalue weighted by Crippen LogP contribution is 2.67. The van der Waals surface area contributed by atoms with Crippen LogP contribution in [0.4, 0.5) is 8.78 Å². The predicted molar refractivity (Wildman–Crippen MR) is 118 cm³/mol. The maximum Gasteiger partial charge on any atom is 0.256 e. The van der Waals surface area contributed by atoms with Gasteiger partial charge in [0.2, 0.25) is 0 Å². The lowest BCUT2D eigenvalue weighted by atomic mass is 9.68. The van der Waals surface area contributed by atoms with Crippen LogP contribution in [0.2, 0.25) is 0 Å². The SMILES string of the molecule is CCN(C[C@@]12CC[C@@H](c3cc(-c4c(F)cccc4F)nnc31)C2(C)C)C(=O)/C(C=N)=C/N. The fourth-order valence-corrected chi connectivity index (χ4v) is 5.66. The van der Waals surface area contributed by atoms with Crippen LogP contribution in [-0.2, 0) is 10.2 Å². The van der Waals surface area contributed by atoms with Crippen molar-refractivity contribution < 1.29 is 13.6 Å². The van der Waals surface area contributed by atoms with Gasteiger partial charge in [-0.3, -0.25) is 4.79 Å². The second kappa shape index (κ2) is 7.76. The van der Waals surface area contributed by atoms with E-state index in [9.17, 15) is 13.6 Å². The third-order valence-corrected chi connectivity index (χ3v) is 7.55. The molecule has 4 rings (SSSR count). The zero-order valence-electron chi connectivity index (χ0n) is 18.5. The number of hydrogen-bond acceptors (Lipinski definition) is 5. The summed E-state index contributed by atoms with van der Waals surface area (Å²) in [5.41, 5.74) is 6.73. The highest BCUT2D eigenvalue weighted by atomic mass is 19.1. The van der Waals surface area contributed by atoms with Crippen molar-refractivity contribution in [1.82, 2.24) is 15.1 Å². The molecule has 0 aliphatic heterocycles. The number of aromatic nitrogens is 2. The molecule has 1 fully saturated rings. The molecule has 0 unspecified atom stereocenters. The van der Waals surface area contributed by atoms with Crippen molar-refractivity contribution in [1.29, 1.82) is 5.41 Å². The standard InChI is InChI=1S/C24H27F2N5O/c1-4-31(22(32)14(11-27)12-28)13-24-9-8-16(23(24,2)3)15-10-19(29-30-21(15)24)20-17(25)6-5-7-18(20)26/h5-7,10-12,16,27H,4,8-9,13,28H2,1-3H3/b14-12+,27-11?/t16-,24-/m0/s1. The maximum absolute atomic E-state index is 14.4. The first-order valence-corrected chi connectivity index (χ1v) is 10.8. The van der Waals surface area contributed by atoms with Gasteiger partial charge in [-0.25, -0.2) is 8.78 Å². The van der Waals surface area contributed by atoms with Crippen LogP contribution in [-0.4, -0.2) is 40.3 Å². The average Bonchev–Trinajstić information content (AvgIpc) is 3.12. The Hall–Kier alpha value is -3.16. The van der Waals surface area contributed by atoms with Crippen molar-refractivity contribution in [2.45, 2.75) is 44.9 Å². The summed E-state index contributed by atoms with van der Waals surface area (Å²) in [4.78, 5) is 14.6. The van der Waals surface area contributed by atoms with Gasteiger partial charge in [-0.1, -0.05) is 19.9 Å². The summed E-state index contributed by atoms with van der Waals surface area (Å²) in [6, 6.07) is 5.50. The third-order valence-electron chi connectivity index (χ3n) is 7.55. The van der Waals surface area contributed by atoms with Gasteiger partial charge < -0.3 is 16.0 Å². The van der Waals surface area contributed by atoms with E-state index in [1.807, 2.05) is 6.92 Å². The maximum atomic E-state index is 14.4. The first-order valence-electron chi connectivity index (χ1n) is 10.8. The molecule has 1 saturated carbocycles. The number of nitrogens with one attached hydrogen (secondary N) is 1. The molecular formula is C24H27F2N5O. The highest BCUT2D eigenvalue weighted by Gasteiger charge is 2.64. The van der Waals surface area contributed by atoms with Crippen LogP contribution in [0.15, 0.2) is 36.0 Å². The van der Waals surface area contributed by atoms with E-state index < -0.39 is 17.0 Å². The number of likely N-dealkylation sites (N-methyl/N-ethyl adjacent to an activating group) is 1. The number of nitrogens with two attached hydrogens (primary N) is 1. The zero-order valence-corrected chi connectivity index (χ0v) is 18.5. The van der Waals surface area contributed by atoms with Crippen LogP contribution >= 0.6 is 0 Å². The highest BCUT2D eigenvalue weighted by molar-refractivity contribution is 6.11. The summed E-state index contributed by atoms with van der Waals surface area (Å²) >= 11 is 0. The van der Waals surface area contributed by atoms with E-state index in [0.717, 1.165) is 36.5 Å². The number of benzene rings is 1. The van der Waals surface area contributed by atoms with Crippen LogP contribution in [0, 0.1) is 22.5 Å². The first kappa shape index (κ1) is 22.0. The van der Waals surface area contributed by atoms with E-state index in [1.54, 1.807) is 11.0 Å². The van der Waals surface area contributed by atoms with Crippen molar-refractivity contribution in [3.8, 4) is 11.3 Å². The van der Waals surface area contributed by atoms with Crippen LogP contribution in [0.5, 0.6) is 0 Å². The molecule has 0 radical (unpaired) electrons. The van der Waals surface area contributed by atoms with Gasteiger partial charge in [0.05, 0.1) is 22.5 Å². The lowest BCUT2D eigenvalue weighted by Crippen LogP contribution is -2.48. The summed E-state index contributed by atoms with van der Waals surface area (Å²) in [7, 11) is 0. The molecule has 168 valence electrons. The quantitative estimate of drug-likeness (QED) is 0.527. The minimum atomic E-state index is -0.674. The van der Waals surface area contributed by atoms with Gasteiger partial charge in [0.15, 0.2) is 0 Å². The topological polar surface area (TPSA) is 96.0 Å². The summed E-state index contributed by atoms with van der Waals surface area (Å²) in [6.45, 7) is 7.06. The van der Waals surface area contributed by atoms with E-state index in [0.29, 0.717) is 13.1 Å². The monoisotopic (exact) mass is 439 g/mol. The molecule has 1 heterocycles. The Morgan fingerprint density at radius 1 is 1.31 bits per heavy atom. The van der Waals surface area contributed by atoms with Gasteiger partial charge in [-0.05, 0) is 54.9 Å². The Kier molecular flexibility index (Phi) is 5.35. The molecule has 2 bridgehead atoms. The van der Waals surface area contributed by atoms with Gasteiger partial charge in [0.1, 0.15) is 11.6 Å². The number of halogens is 2. The molecule has 32 heavy (non-hydrogen) atoms. The number of carbonyl (C=O) groups excluding carboxylic acids is 1. The average molecular weight is 440 g/mol. The molecule has 0 spiro atoms. The summed E-state index contributed by atoms with van der Waals surface area (Å²) in [6.07, 6.45) is 3.83. The first-order chi connectivity index (χ1) is 15.2. The Bertz CT molecular complexity index is 1110. The Labute approximate surface area is 186 Å². The van der Waals surface area contributed by atoms with E-state index in [2.05, 4.69) is 24.0 Å². The van der Waals surface area contributed by atoms with Gasteiger partial charge in [-0.15, -0.1) is 0 Å². The van der Waals surface area contributed by atoms with Crippen molar-refractivity contribution >= 4 is 12.1 Å². The summed E-state index contributed by atoms with van der Waals surface area (Å²) < 4.78 is 28.7. The molecule has 2 aromatic rings. The molecule has 1 aromatic heterocycles. The smallest absolute Gasteiger partial charge is 0.256 e. The summed E-state index contributed by atoms with van der Waals surface area (Å²) in [5.74, 6) is -1.51. The Balaban J connectivity index is 1.79. The number of fused-ring (bicyclic) bond motifs is 5. The number of rotatable bonds is 6. The van der Waals surface area contributed by atoms with E-state index in [1.165, 1.54) is 18.2 Å². The third kappa shape index (κ3) is 2.96. The van der Waals surface area contributed by atoms with Crippen LogP contribution in [0.25, 0.3) is 11.3 Å². The largest absolute Gasteiger partial charge is 0.404 e. The van der Waals surface area contributed by atoms with Gasteiger partial charge in [0.25, 0.3) is 5.91 Å². The minimum absolute atomic E-state index is 0.130. The molecule has 2 aliphatic carbocycles. The zero-order chi connectivity index (χ0) is 23.3. The lowest BCUT2D eigenvalue weighted by Gasteiger charge is -2.41. The van der Waals surface area contributed by atoms with E-state index in [-0.39, 0.29) is 34.1 Å². The number of carbonyl (C=O) groups is 1. The molecule has 0 saturated heterocycles. The van der Waals surface area contributed by atoms with Crippen molar-refractivity contribution in [3.05, 3.63) is 58.9 Å². The molecular weight excluding hydrogens is 412 g/mol. The predicted octanol–water partition coefficient (Wildman–Crippen LogP) is 3.92. The number of nitrogens with zero attached hydrogens (tertiary/aromatic N) is 3. The molecule has 3 N–H and O–H groups in total. The normalized spacial score (nSPS) is 23.2. The van der Waals surface area contributed by atoms with Crippen LogP contribution in [0.3, 0.4) is 0 Å². The Morgan fingerprint density at radius 3 is 2.59 bits per heavy atom. The second-order valence-electron chi connectivity index (χ2n) is 9.11. The van der Waals surface area contributed by atoms with Crippen molar-refractivity contribution in [2.75, 3.05) is 13.1 Å². The molecule has 1 amide bonds. The van der Waals surface area contributed by atoms with E-state index in [4.69, 9.17) is 11.1 Å². The van der Waals surface area contributed by atoms with E-state index >= 15 is 0 Å². The second-order valence-corrected chi connectivity index (χ2v) is 9.11. The van der Waals surface area contributed by atoms with Gasteiger partial charge in [0, 0.05) is 30.9 Å². The molecule has 1 aromatic carbocycles. The number of hydrogen-bond donors (Lipinski definition) is 2. The van der Waals surface area contributed by atoms with Crippen LogP contribution in [0.1, 0.15) is 50.8 Å².